The summed E-state index contributed by atoms with van der Waals surface area (Å²) in [6.45, 7) is 4.22. The average molecular weight is 278 g/mol. The van der Waals surface area contributed by atoms with E-state index >= 15 is 0 Å². The van der Waals surface area contributed by atoms with Crippen LogP contribution in [0.15, 0.2) is 0 Å². The normalized spacial score (nSPS) is 16.8. The van der Waals surface area contributed by atoms with Crippen molar-refractivity contribution in [3.8, 4) is 0 Å². The highest BCUT2D eigenvalue weighted by Gasteiger charge is 2.34. The monoisotopic (exact) mass is 278 g/mol. The van der Waals surface area contributed by atoms with Crippen LogP contribution in [0.2, 0.25) is 0 Å². The molecule has 1 N–H and O–H groups in total. The molecule has 6 nitrogen and oxygen atoms in total. The van der Waals surface area contributed by atoms with E-state index in [0.717, 1.165) is 17.1 Å². The third-order valence-corrected chi connectivity index (χ3v) is 5.18. The van der Waals surface area contributed by atoms with Crippen molar-refractivity contribution in [3.63, 3.8) is 0 Å². The van der Waals surface area contributed by atoms with Crippen molar-refractivity contribution in [2.45, 2.75) is 39.2 Å². The van der Waals surface area contributed by atoms with Gasteiger partial charge in [0, 0.05) is 26.2 Å². The van der Waals surface area contributed by atoms with Crippen LogP contribution in [-0.2, 0) is 15.0 Å². The molecule has 0 spiro atoms. The fourth-order valence-electron chi connectivity index (χ4n) is 1.67. The molecule has 1 rings (SSSR count). The standard InChI is InChI=1S/C11H22N2O4S/c1-9(2)13(8-10-4-5-10)18(16,17)12(3)7-6-11(14)15/h9-10H,4-8H2,1-3H3,(H,14,15). The van der Waals surface area contributed by atoms with Gasteiger partial charge in [-0.05, 0) is 32.6 Å². The number of hydrogen-bond acceptors (Lipinski definition) is 3. The van der Waals surface area contributed by atoms with E-state index < -0.39 is 16.2 Å². The minimum atomic E-state index is -3.55. The molecule has 0 atom stereocenters. The van der Waals surface area contributed by atoms with Crippen molar-refractivity contribution < 1.29 is 18.3 Å². The molecule has 18 heavy (non-hydrogen) atoms. The first-order valence-electron chi connectivity index (χ1n) is 6.20. The van der Waals surface area contributed by atoms with Crippen molar-refractivity contribution in [2.75, 3.05) is 20.1 Å². The van der Waals surface area contributed by atoms with Gasteiger partial charge in [-0.25, -0.2) is 0 Å². The lowest BCUT2D eigenvalue weighted by Gasteiger charge is -2.30. The Balaban J connectivity index is 2.69. The predicted octanol–water partition coefficient (Wildman–Crippen LogP) is 0.758. The molecule has 0 aliphatic heterocycles. The summed E-state index contributed by atoms with van der Waals surface area (Å²) in [5.74, 6) is -0.523. The van der Waals surface area contributed by atoms with Gasteiger partial charge >= 0.3 is 5.97 Å². The van der Waals surface area contributed by atoms with E-state index in [1.807, 2.05) is 13.8 Å². The van der Waals surface area contributed by atoms with E-state index in [4.69, 9.17) is 5.11 Å². The van der Waals surface area contributed by atoms with E-state index in [9.17, 15) is 13.2 Å². The van der Waals surface area contributed by atoms with Crippen molar-refractivity contribution in [2.24, 2.45) is 5.92 Å². The first-order chi connectivity index (χ1) is 8.25. The van der Waals surface area contributed by atoms with E-state index in [1.165, 1.54) is 11.4 Å². The van der Waals surface area contributed by atoms with E-state index in [0.29, 0.717) is 12.5 Å². The number of carboxylic acids is 1. The summed E-state index contributed by atoms with van der Waals surface area (Å²) < 4.78 is 27.2. The molecule has 0 radical (unpaired) electrons. The predicted molar refractivity (Wildman–Crippen MR) is 68.4 cm³/mol. The summed E-state index contributed by atoms with van der Waals surface area (Å²) in [5.41, 5.74) is 0. The summed E-state index contributed by atoms with van der Waals surface area (Å²) in [7, 11) is -2.12. The Bertz CT molecular complexity index is 390. The van der Waals surface area contributed by atoms with Crippen molar-refractivity contribution in [1.82, 2.24) is 8.61 Å². The quantitative estimate of drug-likeness (QED) is 0.711. The molecule has 7 heteroatoms. The Labute approximate surface area is 109 Å². The number of rotatable bonds is 8. The highest BCUT2D eigenvalue weighted by Crippen LogP contribution is 2.31. The topological polar surface area (TPSA) is 77.9 Å². The van der Waals surface area contributed by atoms with Gasteiger partial charge in [-0.2, -0.15) is 17.0 Å². The van der Waals surface area contributed by atoms with Gasteiger partial charge in [0.15, 0.2) is 0 Å². The second kappa shape index (κ2) is 5.99. The smallest absolute Gasteiger partial charge is 0.304 e. The fraction of sp³-hybridized carbons (Fsp3) is 0.909. The molecule has 0 aromatic heterocycles. The summed E-state index contributed by atoms with van der Waals surface area (Å²) in [5, 5.41) is 8.60. The largest absolute Gasteiger partial charge is 0.481 e. The molecule has 106 valence electrons. The van der Waals surface area contributed by atoms with Crippen LogP contribution < -0.4 is 0 Å². The zero-order valence-corrected chi connectivity index (χ0v) is 12.0. The highest BCUT2D eigenvalue weighted by atomic mass is 32.2. The van der Waals surface area contributed by atoms with Crippen LogP contribution in [0.3, 0.4) is 0 Å². The summed E-state index contributed by atoms with van der Waals surface area (Å²) in [6.07, 6.45) is 1.99. The van der Waals surface area contributed by atoms with Crippen LogP contribution >= 0.6 is 0 Å². The van der Waals surface area contributed by atoms with Gasteiger partial charge in [-0.15, -0.1) is 0 Å². The maximum Gasteiger partial charge on any atom is 0.304 e. The minimum absolute atomic E-state index is 0.00551. The lowest BCUT2D eigenvalue weighted by molar-refractivity contribution is -0.137. The molecule has 0 bridgehead atoms. The van der Waals surface area contributed by atoms with Gasteiger partial charge in [0.05, 0.1) is 6.42 Å². The number of hydrogen-bond donors (Lipinski definition) is 1. The third kappa shape index (κ3) is 4.22. The molecular formula is C11H22N2O4S. The second-order valence-electron chi connectivity index (χ2n) is 5.08. The Morgan fingerprint density at radius 1 is 1.39 bits per heavy atom. The Morgan fingerprint density at radius 3 is 2.33 bits per heavy atom. The molecule has 0 heterocycles. The average Bonchev–Trinajstić information content (AvgIpc) is 3.05. The van der Waals surface area contributed by atoms with Crippen LogP contribution in [0.1, 0.15) is 33.1 Å². The van der Waals surface area contributed by atoms with Crippen molar-refractivity contribution >= 4 is 16.2 Å². The van der Waals surface area contributed by atoms with Crippen molar-refractivity contribution in [3.05, 3.63) is 0 Å². The molecule has 0 aromatic carbocycles. The Kier molecular flexibility index (Phi) is 5.12. The minimum Gasteiger partial charge on any atom is -0.481 e. The maximum absolute atomic E-state index is 12.3. The van der Waals surface area contributed by atoms with E-state index in [-0.39, 0.29) is 19.0 Å². The summed E-state index contributed by atoms with van der Waals surface area (Å²) in [4.78, 5) is 10.5. The van der Waals surface area contributed by atoms with Crippen LogP contribution in [0, 0.1) is 5.92 Å². The number of carbonyl (C=O) groups is 1. The summed E-state index contributed by atoms with van der Waals surface area (Å²) >= 11 is 0. The van der Waals surface area contributed by atoms with Gasteiger partial charge in [0.1, 0.15) is 0 Å². The van der Waals surface area contributed by atoms with Crippen LogP contribution in [-0.4, -0.2) is 54.3 Å². The molecule has 0 unspecified atom stereocenters. The third-order valence-electron chi connectivity index (χ3n) is 3.04. The van der Waals surface area contributed by atoms with Gasteiger partial charge < -0.3 is 5.11 Å². The van der Waals surface area contributed by atoms with Gasteiger partial charge in [0.25, 0.3) is 10.2 Å². The van der Waals surface area contributed by atoms with Crippen LogP contribution in [0.5, 0.6) is 0 Å². The number of aliphatic carboxylic acids is 1. The molecule has 0 aromatic rings. The van der Waals surface area contributed by atoms with Crippen molar-refractivity contribution in [1.29, 1.82) is 0 Å². The number of nitrogens with zero attached hydrogens (tertiary/aromatic N) is 2. The van der Waals surface area contributed by atoms with E-state index in [1.54, 1.807) is 0 Å². The van der Waals surface area contributed by atoms with Gasteiger partial charge in [0.2, 0.25) is 0 Å². The van der Waals surface area contributed by atoms with Gasteiger partial charge in [-0.1, -0.05) is 0 Å². The molecule has 1 aliphatic carbocycles. The lowest BCUT2D eigenvalue weighted by Crippen LogP contribution is -2.46. The maximum atomic E-state index is 12.3. The molecule has 1 saturated carbocycles. The Morgan fingerprint density at radius 2 is 1.94 bits per heavy atom. The zero-order chi connectivity index (χ0) is 13.9. The molecule has 0 amide bonds. The van der Waals surface area contributed by atoms with Gasteiger partial charge in [-0.3, -0.25) is 4.79 Å². The van der Waals surface area contributed by atoms with E-state index in [2.05, 4.69) is 0 Å². The Hall–Kier alpha value is -0.660. The number of carboxylic acid groups (broad SMARTS) is 1. The zero-order valence-electron chi connectivity index (χ0n) is 11.2. The van der Waals surface area contributed by atoms with Crippen LogP contribution in [0.25, 0.3) is 0 Å². The first-order valence-corrected chi connectivity index (χ1v) is 7.59. The molecule has 1 fully saturated rings. The molecule has 1 aliphatic rings. The highest BCUT2D eigenvalue weighted by molar-refractivity contribution is 7.86. The lowest BCUT2D eigenvalue weighted by atomic mass is 10.3. The molecular weight excluding hydrogens is 256 g/mol. The van der Waals surface area contributed by atoms with Crippen LogP contribution in [0.4, 0.5) is 0 Å². The molecule has 0 saturated heterocycles. The SMILES string of the molecule is CC(C)N(CC1CC1)S(=O)(=O)N(C)CCC(=O)O. The summed E-state index contributed by atoms with van der Waals surface area (Å²) in [6, 6.07) is -0.108. The first kappa shape index (κ1) is 15.4. The fourth-order valence-corrected chi connectivity index (χ4v) is 3.29. The second-order valence-corrected chi connectivity index (χ2v) is 7.07.